The molecule has 0 fully saturated rings. The lowest BCUT2D eigenvalue weighted by atomic mass is 9.99. The number of pyridine rings is 1. The molecule has 1 aliphatic rings. The van der Waals surface area contributed by atoms with E-state index < -0.39 is 6.10 Å². The topological polar surface area (TPSA) is 36.4 Å². The van der Waals surface area contributed by atoms with E-state index in [0.29, 0.717) is 0 Å². The highest BCUT2D eigenvalue weighted by Crippen LogP contribution is 2.33. The van der Waals surface area contributed by atoms with Gasteiger partial charge < -0.3 is 10.0 Å². The summed E-state index contributed by atoms with van der Waals surface area (Å²) in [4.78, 5) is 6.74. The maximum atomic E-state index is 9.73. The van der Waals surface area contributed by atoms with E-state index in [4.69, 9.17) is 0 Å². The largest absolute Gasteiger partial charge is 0.389 e. The third-order valence-electron chi connectivity index (χ3n) is 3.88. The standard InChI is InChI=1S/C17H20N2O/c1-12-5-6-16-15(10-12)4-3-9-19(16)17-11-14(13(2)20)7-8-18-17/h5-8,10-11,13,20H,3-4,9H2,1-2H3. The number of anilines is 2. The molecule has 0 radical (unpaired) electrons. The Labute approximate surface area is 119 Å². The van der Waals surface area contributed by atoms with Crippen molar-refractivity contribution in [1.82, 2.24) is 4.98 Å². The van der Waals surface area contributed by atoms with Crippen LogP contribution in [0.4, 0.5) is 11.5 Å². The summed E-state index contributed by atoms with van der Waals surface area (Å²) in [5, 5.41) is 9.73. The van der Waals surface area contributed by atoms with Gasteiger partial charge >= 0.3 is 0 Å². The van der Waals surface area contributed by atoms with E-state index in [2.05, 4.69) is 35.0 Å². The zero-order valence-corrected chi connectivity index (χ0v) is 12.0. The second-order valence-corrected chi connectivity index (χ2v) is 5.51. The summed E-state index contributed by atoms with van der Waals surface area (Å²) in [6, 6.07) is 10.4. The number of rotatable bonds is 2. The van der Waals surface area contributed by atoms with E-state index in [9.17, 15) is 5.11 Å². The van der Waals surface area contributed by atoms with Crippen LogP contribution < -0.4 is 4.90 Å². The van der Waals surface area contributed by atoms with E-state index >= 15 is 0 Å². The Hall–Kier alpha value is -1.87. The quantitative estimate of drug-likeness (QED) is 0.905. The van der Waals surface area contributed by atoms with E-state index in [1.807, 2.05) is 12.1 Å². The molecule has 1 unspecified atom stereocenters. The molecule has 104 valence electrons. The highest BCUT2D eigenvalue weighted by molar-refractivity contribution is 5.66. The van der Waals surface area contributed by atoms with Crippen molar-refractivity contribution >= 4 is 11.5 Å². The van der Waals surface area contributed by atoms with Crippen molar-refractivity contribution in [1.29, 1.82) is 0 Å². The number of hydrogen-bond acceptors (Lipinski definition) is 3. The highest BCUT2D eigenvalue weighted by Gasteiger charge is 2.19. The maximum Gasteiger partial charge on any atom is 0.133 e. The number of nitrogens with zero attached hydrogens (tertiary/aromatic N) is 2. The molecule has 0 amide bonds. The second kappa shape index (κ2) is 5.25. The molecular weight excluding hydrogens is 248 g/mol. The van der Waals surface area contributed by atoms with E-state index in [0.717, 1.165) is 30.8 Å². The average molecular weight is 268 g/mol. The lowest BCUT2D eigenvalue weighted by Gasteiger charge is -2.31. The lowest BCUT2D eigenvalue weighted by molar-refractivity contribution is 0.199. The van der Waals surface area contributed by atoms with Gasteiger partial charge in [-0.3, -0.25) is 0 Å². The van der Waals surface area contributed by atoms with Gasteiger partial charge in [0.25, 0.3) is 0 Å². The molecule has 1 aliphatic heterocycles. The summed E-state index contributed by atoms with van der Waals surface area (Å²) >= 11 is 0. The molecule has 2 heterocycles. The van der Waals surface area contributed by atoms with Gasteiger partial charge in [-0.1, -0.05) is 17.7 Å². The molecule has 0 bridgehead atoms. The summed E-state index contributed by atoms with van der Waals surface area (Å²) in [5.41, 5.74) is 4.85. The summed E-state index contributed by atoms with van der Waals surface area (Å²) in [7, 11) is 0. The van der Waals surface area contributed by atoms with Crippen LogP contribution in [0.5, 0.6) is 0 Å². The fraction of sp³-hybridized carbons (Fsp3) is 0.353. The Bertz CT molecular complexity index is 622. The minimum atomic E-state index is -0.459. The summed E-state index contributed by atoms with van der Waals surface area (Å²) in [6.07, 6.45) is 3.58. The third kappa shape index (κ3) is 2.41. The van der Waals surface area contributed by atoms with Crippen molar-refractivity contribution in [2.24, 2.45) is 0 Å². The van der Waals surface area contributed by atoms with Gasteiger partial charge in [0.15, 0.2) is 0 Å². The lowest BCUT2D eigenvalue weighted by Crippen LogP contribution is -2.25. The molecule has 1 aromatic heterocycles. The SMILES string of the molecule is Cc1ccc2c(c1)CCCN2c1cc(C(C)O)ccn1. The van der Waals surface area contributed by atoms with Crippen molar-refractivity contribution in [2.45, 2.75) is 32.8 Å². The van der Waals surface area contributed by atoms with Crippen LogP contribution in [0.15, 0.2) is 36.5 Å². The van der Waals surface area contributed by atoms with E-state index in [1.165, 1.54) is 16.8 Å². The summed E-state index contributed by atoms with van der Waals surface area (Å²) in [5.74, 6) is 0.924. The number of aryl methyl sites for hydroxylation is 2. The molecule has 1 atom stereocenters. The van der Waals surface area contributed by atoms with Gasteiger partial charge in [0.2, 0.25) is 0 Å². The molecular formula is C17H20N2O. The second-order valence-electron chi connectivity index (χ2n) is 5.51. The number of benzene rings is 1. The number of hydrogen-bond donors (Lipinski definition) is 1. The maximum absolute atomic E-state index is 9.73. The molecule has 1 aromatic carbocycles. The fourth-order valence-corrected chi connectivity index (χ4v) is 2.81. The van der Waals surface area contributed by atoms with Crippen LogP contribution in [-0.4, -0.2) is 16.6 Å². The Morgan fingerprint density at radius 3 is 2.90 bits per heavy atom. The van der Waals surface area contributed by atoms with Crippen LogP contribution in [0.2, 0.25) is 0 Å². The van der Waals surface area contributed by atoms with Crippen molar-refractivity contribution in [2.75, 3.05) is 11.4 Å². The first kappa shape index (κ1) is 13.1. The molecule has 0 saturated carbocycles. The third-order valence-corrected chi connectivity index (χ3v) is 3.88. The minimum absolute atomic E-state index is 0.459. The van der Waals surface area contributed by atoms with Crippen LogP contribution in [0.25, 0.3) is 0 Å². The number of aliphatic hydroxyl groups excluding tert-OH is 1. The highest BCUT2D eigenvalue weighted by atomic mass is 16.3. The van der Waals surface area contributed by atoms with Crippen molar-refractivity contribution in [3.63, 3.8) is 0 Å². The van der Waals surface area contributed by atoms with Crippen LogP contribution in [0, 0.1) is 6.92 Å². The van der Waals surface area contributed by atoms with Gasteiger partial charge in [0, 0.05) is 18.4 Å². The Kier molecular flexibility index (Phi) is 3.45. The molecule has 0 saturated heterocycles. The van der Waals surface area contributed by atoms with Crippen molar-refractivity contribution in [3.05, 3.63) is 53.2 Å². The van der Waals surface area contributed by atoms with Crippen LogP contribution in [0.3, 0.4) is 0 Å². The number of aromatic nitrogens is 1. The fourth-order valence-electron chi connectivity index (χ4n) is 2.81. The summed E-state index contributed by atoms with van der Waals surface area (Å²) < 4.78 is 0. The van der Waals surface area contributed by atoms with Gasteiger partial charge in [0.1, 0.15) is 5.82 Å². The molecule has 1 N–H and O–H groups in total. The van der Waals surface area contributed by atoms with Crippen LogP contribution >= 0.6 is 0 Å². The van der Waals surface area contributed by atoms with Gasteiger partial charge in [-0.25, -0.2) is 4.98 Å². The molecule has 3 nitrogen and oxygen atoms in total. The van der Waals surface area contributed by atoms with E-state index in [1.54, 1.807) is 13.1 Å². The Morgan fingerprint density at radius 2 is 2.10 bits per heavy atom. The van der Waals surface area contributed by atoms with Crippen LogP contribution in [-0.2, 0) is 6.42 Å². The summed E-state index contributed by atoms with van der Waals surface area (Å²) in [6.45, 7) is 4.89. The number of aliphatic hydroxyl groups is 1. The Balaban J connectivity index is 2.02. The van der Waals surface area contributed by atoms with Crippen molar-refractivity contribution in [3.8, 4) is 0 Å². The first-order chi connectivity index (χ1) is 9.65. The van der Waals surface area contributed by atoms with Gasteiger partial charge in [-0.2, -0.15) is 0 Å². The first-order valence-electron chi connectivity index (χ1n) is 7.16. The number of fused-ring (bicyclic) bond motifs is 1. The molecule has 0 aliphatic carbocycles. The predicted molar refractivity (Wildman–Crippen MR) is 81.4 cm³/mol. The normalized spacial score (nSPS) is 15.8. The van der Waals surface area contributed by atoms with Crippen LogP contribution in [0.1, 0.15) is 36.1 Å². The minimum Gasteiger partial charge on any atom is -0.389 e. The zero-order chi connectivity index (χ0) is 14.1. The molecule has 3 rings (SSSR count). The van der Waals surface area contributed by atoms with Crippen molar-refractivity contribution < 1.29 is 5.11 Å². The van der Waals surface area contributed by atoms with Gasteiger partial charge in [0.05, 0.1) is 6.10 Å². The van der Waals surface area contributed by atoms with Gasteiger partial charge in [-0.15, -0.1) is 0 Å². The first-order valence-corrected chi connectivity index (χ1v) is 7.16. The smallest absolute Gasteiger partial charge is 0.133 e. The Morgan fingerprint density at radius 1 is 1.25 bits per heavy atom. The average Bonchev–Trinajstić information content (AvgIpc) is 2.46. The van der Waals surface area contributed by atoms with E-state index in [-0.39, 0.29) is 0 Å². The molecule has 2 aromatic rings. The van der Waals surface area contributed by atoms with Gasteiger partial charge in [-0.05, 0) is 56.0 Å². The zero-order valence-electron chi connectivity index (χ0n) is 12.0. The molecule has 0 spiro atoms. The molecule has 20 heavy (non-hydrogen) atoms. The monoisotopic (exact) mass is 268 g/mol. The predicted octanol–water partition coefficient (Wildman–Crippen LogP) is 3.53. The molecule has 3 heteroatoms.